The van der Waals surface area contributed by atoms with Crippen molar-refractivity contribution in [3.63, 3.8) is 0 Å². The fourth-order valence-electron chi connectivity index (χ4n) is 4.20. The third-order valence-corrected chi connectivity index (χ3v) is 7.78. The first-order valence-electron chi connectivity index (χ1n) is 13.6. The number of nitrogens with one attached hydrogen (secondary N) is 2. The topological polar surface area (TPSA) is 78.7 Å². The summed E-state index contributed by atoms with van der Waals surface area (Å²) >= 11 is 0. The molecule has 36 heavy (non-hydrogen) atoms. The van der Waals surface area contributed by atoms with Crippen molar-refractivity contribution in [2.45, 2.75) is 73.6 Å². The van der Waals surface area contributed by atoms with Gasteiger partial charge >= 0.3 is 0 Å². The highest BCUT2D eigenvalue weighted by atomic mass is 31.1. The number of amides is 2. The molecule has 1 atom stereocenters. The van der Waals surface area contributed by atoms with E-state index in [4.69, 9.17) is 0 Å². The predicted molar refractivity (Wildman–Crippen MR) is 155 cm³/mol. The van der Waals surface area contributed by atoms with E-state index in [1.807, 2.05) is 43.4 Å². The number of likely N-dealkylation sites (N-methyl/N-ethyl adjacent to an activating group) is 1. The van der Waals surface area contributed by atoms with Crippen LogP contribution in [0.15, 0.2) is 24.4 Å². The Morgan fingerprint density at radius 2 is 1.97 bits per heavy atom. The van der Waals surface area contributed by atoms with E-state index in [1.54, 1.807) is 6.20 Å². The van der Waals surface area contributed by atoms with Crippen LogP contribution in [0.2, 0.25) is 0 Å². The zero-order chi connectivity index (χ0) is 26.8. The van der Waals surface area contributed by atoms with Crippen molar-refractivity contribution in [3.8, 4) is 0 Å². The Labute approximate surface area is 220 Å². The second kappa shape index (κ2) is 18.1. The molecule has 3 heterocycles. The fourth-order valence-corrected chi connectivity index (χ4v) is 5.63. The molecule has 1 aliphatic heterocycles. The summed E-state index contributed by atoms with van der Waals surface area (Å²) in [4.78, 5) is 29.0. The maximum absolute atomic E-state index is 12.1. The number of unbranched alkanes of at least 4 members (excludes halogenated alkanes) is 2. The number of fused-ring (bicyclic) bond motifs is 1. The molecule has 8 heteroatoms. The molecule has 0 fully saturated rings. The Kier molecular flexibility index (Phi) is 16.0. The molecule has 0 saturated heterocycles. The zero-order valence-electron chi connectivity index (χ0n) is 23.3. The first-order valence-corrected chi connectivity index (χ1v) is 14.7. The third kappa shape index (κ3) is 10.4. The molecule has 0 saturated carbocycles. The Hall–Kier alpha value is -2.24. The van der Waals surface area contributed by atoms with E-state index in [0.29, 0.717) is 17.7 Å². The van der Waals surface area contributed by atoms with Crippen LogP contribution in [0.4, 0.5) is 0 Å². The number of carbonyl (C=O) groups excluding carboxylic acids is 2. The minimum atomic E-state index is -0.111. The van der Waals surface area contributed by atoms with Crippen LogP contribution in [0.25, 0.3) is 5.65 Å². The largest absolute Gasteiger partial charge is 0.358 e. The van der Waals surface area contributed by atoms with Crippen LogP contribution >= 0.6 is 8.20 Å². The van der Waals surface area contributed by atoms with Crippen LogP contribution in [-0.4, -0.2) is 71.3 Å². The van der Waals surface area contributed by atoms with Crippen LogP contribution in [0.5, 0.6) is 0 Å². The molecular weight excluding hydrogens is 469 g/mol. The SMILES string of the molecule is CC.CCCCCC1(CNC=O)CC=PC1.CCN(CC)CCNC(=O)c1cn2c(C)cccc2n1. The average molecular weight is 518 g/mol. The van der Waals surface area contributed by atoms with Gasteiger partial charge in [-0.15, -0.1) is 8.20 Å². The lowest BCUT2D eigenvalue weighted by molar-refractivity contribution is -0.109. The number of aromatic nitrogens is 2. The molecule has 202 valence electrons. The van der Waals surface area contributed by atoms with Gasteiger partial charge in [0.15, 0.2) is 0 Å². The summed E-state index contributed by atoms with van der Waals surface area (Å²) in [7, 11) is 1.46. The van der Waals surface area contributed by atoms with Gasteiger partial charge < -0.3 is 19.9 Å². The first-order chi connectivity index (χ1) is 17.5. The van der Waals surface area contributed by atoms with Gasteiger partial charge in [0.25, 0.3) is 5.91 Å². The van der Waals surface area contributed by atoms with Crippen molar-refractivity contribution in [1.29, 1.82) is 0 Å². The van der Waals surface area contributed by atoms with Gasteiger partial charge in [0.1, 0.15) is 11.3 Å². The first kappa shape index (κ1) is 31.8. The Bertz CT molecular complexity index is 916. The monoisotopic (exact) mass is 517 g/mol. The van der Waals surface area contributed by atoms with Gasteiger partial charge in [-0.3, -0.25) is 9.59 Å². The Morgan fingerprint density at radius 3 is 2.56 bits per heavy atom. The van der Waals surface area contributed by atoms with E-state index in [2.05, 4.69) is 47.1 Å². The zero-order valence-corrected chi connectivity index (χ0v) is 24.2. The third-order valence-electron chi connectivity index (χ3n) is 6.49. The molecule has 0 radical (unpaired) electrons. The number of hydrogen-bond acceptors (Lipinski definition) is 4. The molecule has 0 bridgehead atoms. The van der Waals surface area contributed by atoms with E-state index in [0.717, 1.165) is 43.9 Å². The average Bonchev–Trinajstić information content (AvgIpc) is 3.56. The normalized spacial score (nSPS) is 16.6. The van der Waals surface area contributed by atoms with E-state index in [-0.39, 0.29) is 5.91 Å². The molecule has 3 rings (SSSR count). The van der Waals surface area contributed by atoms with Crippen LogP contribution in [-0.2, 0) is 4.79 Å². The van der Waals surface area contributed by atoms with Crippen molar-refractivity contribution in [2.75, 3.05) is 38.9 Å². The number of rotatable bonds is 13. The van der Waals surface area contributed by atoms with Crippen molar-refractivity contribution >= 4 is 32.0 Å². The summed E-state index contributed by atoms with van der Waals surface area (Å²) in [5.74, 6) is 2.23. The molecule has 2 aromatic rings. The van der Waals surface area contributed by atoms with Crippen molar-refractivity contribution in [1.82, 2.24) is 24.9 Å². The summed E-state index contributed by atoms with van der Waals surface area (Å²) in [6, 6.07) is 5.84. The molecule has 0 spiro atoms. The molecule has 0 aliphatic carbocycles. The van der Waals surface area contributed by atoms with E-state index < -0.39 is 0 Å². The molecule has 0 aromatic carbocycles. The lowest BCUT2D eigenvalue weighted by Crippen LogP contribution is -2.34. The number of aryl methyl sites for hydroxylation is 1. The van der Waals surface area contributed by atoms with Crippen molar-refractivity contribution < 1.29 is 9.59 Å². The minimum Gasteiger partial charge on any atom is -0.358 e. The van der Waals surface area contributed by atoms with E-state index in [1.165, 1.54) is 46.5 Å². The lowest BCUT2D eigenvalue weighted by atomic mass is 9.82. The second-order valence-corrected chi connectivity index (χ2v) is 10.0. The fraction of sp³-hybridized carbons (Fsp3) is 0.643. The standard InChI is InChI=1S/C15H22N4O.C11H20NOP.C2H6/c1-4-18(5-2)10-9-16-15(20)13-11-19-12(3)7-6-8-14(19)17-13;1-2-3-4-5-11(8-12-10-13)6-7-14-9-11;1-2/h6-8,11H,4-5,9-10H2,1-3H3,(H,16,20);7,10H,2-6,8-9H2,1H3,(H,12,13);1-2H3. The molecule has 2 amide bonds. The number of imidazole rings is 1. The van der Waals surface area contributed by atoms with Crippen LogP contribution < -0.4 is 10.6 Å². The predicted octanol–water partition coefficient (Wildman–Crippen LogP) is 5.19. The highest BCUT2D eigenvalue weighted by Gasteiger charge is 2.30. The maximum Gasteiger partial charge on any atom is 0.271 e. The van der Waals surface area contributed by atoms with Gasteiger partial charge in [-0.25, -0.2) is 4.98 Å². The second-order valence-electron chi connectivity index (χ2n) is 8.99. The Balaban J connectivity index is 0.000000356. The lowest BCUT2D eigenvalue weighted by Gasteiger charge is -2.28. The summed E-state index contributed by atoms with van der Waals surface area (Å²) < 4.78 is 1.93. The number of carbonyl (C=O) groups is 2. The number of hydrogen-bond donors (Lipinski definition) is 2. The van der Waals surface area contributed by atoms with Gasteiger partial charge in [-0.2, -0.15) is 0 Å². The number of nitrogens with zero attached hydrogens (tertiary/aromatic N) is 3. The van der Waals surface area contributed by atoms with Gasteiger partial charge in [0.2, 0.25) is 6.41 Å². The highest BCUT2D eigenvalue weighted by Crippen LogP contribution is 2.36. The maximum atomic E-state index is 12.1. The van der Waals surface area contributed by atoms with Crippen LogP contribution in [0.3, 0.4) is 0 Å². The van der Waals surface area contributed by atoms with Crippen molar-refractivity contribution in [2.24, 2.45) is 5.41 Å². The van der Waals surface area contributed by atoms with E-state index in [9.17, 15) is 9.59 Å². The molecule has 1 unspecified atom stereocenters. The van der Waals surface area contributed by atoms with Gasteiger partial charge in [-0.05, 0) is 56.6 Å². The molecule has 2 N–H and O–H groups in total. The smallest absolute Gasteiger partial charge is 0.271 e. The Morgan fingerprint density at radius 1 is 1.22 bits per heavy atom. The highest BCUT2D eigenvalue weighted by molar-refractivity contribution is 7.39. The number of pyridine rings is 1. The van der Waals surface area contributed by atoms with Crippen LogP contribution in [0.1, 0.15) is 82.9 Å². The molecule has 1 aliphatic rings. The van der Waals surface area contributed by atoms with Gasteiger partial charge in [0.05, 0.1) is 0 Å². The summed E-state index contributed by atoms with van der Waals surface area (Å²) in [5, 5.41) is 5.77. The van der Waals surface area contributed by atoms with E-state index >= 15 is 0 Å². The van der Waals surface area contributed by atoms with Gasteiger partial charge in [-0.1, -0.05) is 65.7 Å². The summed E-state index contributed by atoms with van der Waals surface area (Å²) in [6.45, 7) is 16.8. The van der Waals surface area contributed by atoms with Crippen LogP contribution in [0, 0.1) is 12.3 Å². The minimum absolute atomic E-state index is 0.111. The van der Waals surface area contributed by atoms with Crippen molar-refractivity contribution in [3.05, 3.63) is 35.8 Å². The quantitative estimate of drug-likeness (QED) is 0.218. The molecule has 7 nitrogen and oxygen atoms in total. The summed E-state index contributed by atoms with van der Waals surface area (Å²) in [5.41, 5.74) is 2.73. The van der Waals surface area contributed by atoms with Gasteiger partial charge in [0, 0.05) is 31.5 Å². The summed E-state index contributed by atoms with van der Waals surface area (Å²) in [6.07, 6.45) is 10.2. The molecular formula is C28H48N5O2P. The molecule has 2 aromatic heterocycles.